The molecule has 7 nitrogen and oxygen atoms in total. The maximum Gasteiger partial charge on any atom is 0.316 e. The van der Waals surface area contributed by atoms with E-state index in [1.54, 1.807) is 0 Å². The quantitative estimate of drug-likeness (QED) is 0.209. The molecule has 4 aliphatic rings. The van der Waals surface area contributed by atoms with E-state index in [0.717, 1.165) is 50.0 Å². The van der Waals surface area contributed by atoms with Gasteiger partial charge < -0.3 is 20.5 Å². The van der Waals surface area contributed by atoms with Crippen LogP contribution in [0.1, 0.15) is 79.1 Å². The third kappa shape index (κ3) is 5.48. The minimum atomic E-state index is -0.682. The third-order valence-electron chi connectivity index (χ3n) is 11.7. The molecule has 5 rings (SSSR count). The molecule has 9 atom stereocenters. The first-order chi connectivity index (χ1) is 19.9. The summed E-state index contributed by atoms with van der Waals surface area (Å²) in [5.41, 5.74) is -0.767. The van der Waals surface area contributed by atoms with E-state index >= 15 is 0 Å². The van der Waals surface area contributed by atoms with Crippen LogP contribution in [0.5, 0.6) is 0 Å². The number of ether oxygens (including phenoxy) is 1. The summed E-state index contributed by atoms with van der Waals surface area (Å²) in [5.74, 6) is -0.114. The van der Waals surface area contributed by atoms with Crippen molar-refractivity contribution in [3.05, 3.63) is 36.9 Å². The molecule has 8 heteroatoms. The first kappa shape index (κ1) is 31.3. The second-order valence-corrected chi connectivity index (χ2v) is 14.9. The summed E-state index contributed by atoms with van der Waals surface area (Å²) in [4.78, 5) is 40.6. The van der Waals surface area contributed by atoms with Crippen LogP contribution in [0.25, 0.3) is 0 Å². The number of anilines is 1. The number of nitrogens with one attached hydrogen (secondary N) is 2. The van der Waals surface area contributed by atoms with Gasteiger partial charge >= 0.3 is 5.97 Å². The first-order valence-corrected chi connectivity index (χ1v) is 16.7. The SMILES string of the molecule is C=C[C@]1(C)C[C@@H](OC(=O)CSc2cccc(NC(=O)C3CCCCN3)c2)[C@]2(C)C(C)CCC3(CCC(=O)C32)[C@@H](C)C1O. The van der Waals surface area contributed by atoms with Crippen LogP contribution in [0.4, 0.5) is 5.69 Å². The molecule has 1 saturated heterocycles. The zero-order chi connectivity index (χ0) is 30.3. The van der Waals surface area contributed by atoms with Gasteiger partial charge in [0.15, 0.2) is 0 Å². The van der Waals surface area contributed by atoms with Crippen molar-refractivity contribution in [3.8, 4) is 0 Å². The predicted molar refractivity (Wildman–Crippen MR) is 166 cm³/mol. The lowest BCUT2D eigenvalue weighted by atomic mass is 9.44. The Morgan fingerprint density at radius 2 is 2.00 bits per heavy atom. The molecule has 4 fully saturated rings. The highest BCUT2D eigenvalue weighted by Crippen LogP contribution is 2.68. The number of hydrogen-bond donors (Lipinski definition) is 3. The average molecular weight is 597 g/mol. The molecule has 1 heterocycles. The van der Waals surface area contributed by atoms with Crippen molar-refractivity contribution < 1.29 is 24.2 Å². The first-order valence-electron chi connectivity index (χ1n) is 15.8. The van der Waals surface area contributed by atoms with Crippen LogP contribution >= 0.6 is 11.8 Å². The molecule has 2 bridgehead atoms. The molecular weight excluding hydrogens is 548 g/mol. The summed E-state index contributed by atoms with van der Waals surface area (Å²) in [5, 5.41) is 18.0. The number of hydrogen-bond acceptors (Lipinski definition) is 7. The van der Waals surface area contributed by atoms with E-state index in [1.165, 1.54) is 11.8 Å². The lowest BCUT2D eigenvalue weighted by Gasteiger charge is -2.61. The number of thioether (sulfide) groups is 1. The molecule has 1 aromatic rings. The van der Waals surface area contributed by atoms with E-state index < -0.39 is 23.0 Å². The second-order valence-electron chi connectivity index (χ2n) is 13.9. The molecule has 230 valence electrons. The molecule has 5 unspecified atom stereocenters. The molecule has 0 spiro atoms. The third-order valence-corrected chi connectivity index (χ3v) is 12.6. The van der Waals surface area contributed by atoms with Gasteiger partial charge in [-0.15, -0.1) is 18.3 Å². The van der Waals surface area contributed by atoms with Crippen LogP contribution in [-0.4, -0.2) is 53.3 Å². The zero-order valence-electron chi connectivity index (χ0n) is 25.6. The minimum absolute atomic E-state index is 0.0327. The number of carbonyl (C=O) groups is 3. The van der Waals surface area contributed by atoms with Gasteiger partial charge in [0.1, 0.15) is 11.9 Å². The van der Waals surface area contributed by atoms with E-state index in [2.05, 4.69) is 38.0 Å². The molecule has 1 amide bonds. The monoisotopic (exact) mass is 596 g/mol. The number of carbonyl (C=O) groups excluding carboxylic acids is 3. The fourth-order valence-corrected chi connectivity index (χ4v) is 9.54. The fraction of sp³-hybridized carbons (Fsp3) is 0.676. The molecule has 3 saturated carbocycles. The normalized spacial score (nSPS) is 39.9. The highest BCUT2D eigenvalue weighted by atomic mass is 32.2. The molecular formula is C34H48N2O5S. The summed E-state index contributed by atoms with van der Waals surface area (Å²) in [7, 11) is 0. The molecule has 1 aliphatic heterocycles. The molecule has 0 aromatic heterocycles. The van der Waals surface area contributed by atoms with Crippen molar-refractivity contribution >= 4 is 35.1 Å². The van der Waals surface area contributed by atoms with Gasteiger partial charge in [0.2, 0.25) is 5.91 Å². The Morgan fingerprint density at radius 1 is 1.21 bits per heavy atom. The van der Waals surface area contributed by atoms with Gasteiger partial charge in [-0.2, -0.15) is 0 Å². The van der Waals surface area contributed by atoms with Crippen molar-refractivity contribution in [1.29, 1.82) is 0 Å². The van der Waals surface area contributed by atoms with Crippen LogP contribution in [0.3, 0.4) is 0 Å². The van der Waals surface area contributed by atoms with Crippen LogP contribution < -0.4 is 10.6 Å². The molecule has 0 radical (unpaired) electrons. The Kier molecular flexibility index (Phi) is 9.00. The van der Waals surface area contributed by atoms with E-state index in [9.17, 15) is 19.5 Å². The Balaban J connectivity index is 1.33. The predicted octanol–water partition coefficient (Wildman–Crippen LogP) is 5.77. The van der Waals surface area contributed by atoms with Crippen molar-refractivity contribution in [2.45, 2.75) is 102 Å². The van der Waals surface area contributed by atoms with E-state index in [1.807, 2.05) is 37.3 Å². The smallest absolute Gasteiger partial charge is 0.316 e. The molecule has 3 aliphatic carbocycles. The number of amides is 1. The second kappa shape index (κ2) is 12.1. The van der Waals surface area contributed by atoms with Crippen LogP contribution in [0, 0.1) is 34.0 Å². The highest BCUT2D eigenvalue weighted by Gasteiger charge is 2.68. The lowest BCUT2D eigenvalue weighted by Crippen LogP contribution is -2.63. The van der Waals surface area contributed by atoms with Gasteiger partial charge in [-0.05, 0) is 80.5 Å². The number of aliphatic hydroxyl groups is 1. The number of aliphatic hydroxyl groups excluding tert-OH is 1. The summed E-state index contributed by atoms with van der Waals surface area (Å²) in [6.45, 7) is 13.4. The topological polar surface area (TPSA) is 105 Å². The van der Waals surface area contributed by atoms with Gasteiger partial charge in [-0.1, -0.05) is 46.3 Å². The fourth-order valence-electron chi connectivity index (χ4n) is 8.80. The number of rotatable bonds is 7. The number of ketones is 1. The van der Waals surface area contributed by atoms with E-state index in [0.29, 0.717) is 18.5 Å². The minimum Gasteiger partial charge on any atom is -0.461 e. The average Bonchev–Trinajstić information content (AvgIpc) is 3.35. The van der Waals surface area contributed by atoms with Gasteiger partial charge in [0, 0.05) is 33.8 Å². The van der Waals surface area contributed by atoms with Crippen molar-refractivity contribution in [2.75, 3.05) is 17.6 Å². The maximum absolute atomic E-state index is 13.6. The van der Waals surface area contributed by atoms with E-state index in [-0.39, 0.29) is 52.6 Å². The standard InChI is InChI=1S/C34H48N2O5S/c1-6-32(4)19-27(33(5)21(2)13-15-34(22(3)30(32)39)16-14-26(37)29(33)34)41-28(38)20-42-24-11-9-10-23(18-24)36-31(40)25-12-7-8-17-35-25/h6,9-11,18,21-22,25,27,29-30,35,39H,1,7-8,12-17,19-20H2,2-5H3,(H,36,40)/t21?,22-,25?,27+,29?,30?,32+,33-,34?/m0/s1. The summed E-state index contributed by atoms with van der Waals surface area (Å²) in [6.07, 6.45) is 7.17. The van der Waals surface area contributed by atoms with Crippen LogP contribution in [0.15, 0.2) is 41.8 Å². The Labute approximate surface area is 255 Å². The van der Waals surface area contributed by atoms with Crippen molar-refractivity contribution in [3.63, 3.8) is 0 Å². The van der Waals surface area contributed by atoms with Crippen LogP contribution in [0.2, 0.25) is 0 Å². The lowest BCUT2D eigenvalue weighted by molar-refractivity contribution is -0.205. The summed E-state index contributed by atoms with van der Waals surface area (Å²) in [6, 6.07) is 7.36. The Bertz CT molecular complexity index is 1220. The molecule has 1 aromatic carbocycles. The Morgan fingerprint density at radius 3 is 2.71 bits per heavy atom. The number of esters is 1. The zero-order valence-corrected chi connectivity index (χ0v) is 26.4. The van der Waals surface area contributed by atoms with Gasteiger partial charge in [-0.3, -0.25) is 14.4 Å². The van der Waals surface area contributed by atoms with Gasteiger partial charge in [-0.25, -0.2) is 0 Å². The van der Waals surface area contributed by atoms with Crippen molar-refractivity contribution in [2.24, 2.45) is 34.0 Å². The number of piperidine rings is 1. The highest BCUT2D eigenvalue weighted by molar-refractivity contribution is 8.00. The number of benzene rings is 1. The van der Waals surface area contributed by atoms with Gasteiger partial charge in [0.25, 0.3) is 0 Å². The molecule has 42 heavy (non-hydrogen) atoms. The largest absolute Gasteiger partial charge is 0.461 e. The summed E-state index contributed by atoms with van der Waals surface area (Å²) < 4.78 is 6.37. The number of Topliss-reactive ketones (excluding diaryl/α,β-unsaturated/α-hetero) is 1. The van der Waals surface area contributed by atoms with Gasteiger partial charge in [0.05, 0.1) is 17.9 Å². The molecule has 3 N–H and O–H groups in total. The maximum atomic E-state index is 13.6. The van der Waals surface area contributed by atoms with Crippen molar-refractivity contribution in [1.82, 2.24) is 5.32 Å². The van der Waals surface area contributed by atoms with E-state index in [4.69, 9.17) is 4.74 Å². The Hall–Kier alpha value is -2.16. The summed E-state index contributed by atoms with van der Waals surface area (Å²) >= 11 is 1.37. The van der Waals surface area contributed by atoms with Crippen LogP contribution in [-0.2, 0) is 19.1 Å².